The number of azide groups is 1. The van der Waals surface area contributed by atoms with Crippen LogP contribution in [0.4, 0.5) is 5.69 Å². The van der Waals surface area contributed by atoms with E-state index in [0.717, 1.165) is 5.56 Å². The van der Waals surface area contributed by atoms with E-state index in [9.17, 15) is 0 Å². The average Bonchev–Trinajstić information content (AvgIpc) is 2.85. The topological polar surface area (TPSA) is 123 Å². The maximum absolute atomic E-state index is 8.88. The van der Waals surface area contributed by atoms with E-state index in [0.29, 0.717) is 89.9 Å². The first kappa shape index (κ1) is 33.9. The lowest BCUT2D eigenvalue weighted by Crippen LogP contribution is -2.40. The van der Waals surface area contributed by atoms with Crippen molar-refractivity contribution in [1.82, 2.24) is 0 Å². The molecule has 11 nitrogen and oxygen atoms in total. The minimum atomic E-state index is -0.223. The van der Waals surface area contributed by atoms with Crippen LogP contribution in [-0.4, -0.2) is 92.0 Å². The fourth-order valence-electron chi connectivity index (χ4n) is 2.83. The van der Waals surface area contributed by atoms with Crippen LogP contribution < -0.4 is 9.47 Å². The molecule has 1 aromatic rings. The molecule has 38 heavy (non-hydrogen) atoms. The summed E-state index contributed by atoms with van der Waals surface area (Å²) in [5.74, 6) is 1.05. The Kier molecular flexibility index (Phi) is 17.0. The van der Waals surface area contributed by atoms with Gasteiger partial charge in [-0.2, -0.15) is 0 Å². The first-order valence-corrected chi connectivity index (χ1v) is 13.0. The summed E-state index contributed by atoms with van der Waals surface area (Å²) >= 11 is 0. The van der Waals surface area contributed by atoms with Gasteiger partial charge in [-0.1, -0.05) is 25.9 Å². The normalized spacial score (nSPS) is 11.9. The Hall–Kier alpha value is -2.11. The maximum Gasteiger partial charge on any atom is 0.132 e. The van der Waals surface area contributed by atoms with Crippen molar-refractivity contribution in [2.24, 2.45) is 10.5 Å². The molecule has 0 bridgehead atoms. The molecule has 0 heterocycles. The summed E-state index contributed by atoms with van der Waals surface area (Å²) in [7, 11) is 1.63. The predicted octanol–water partition coefficient (Wildman–Crippen LogP) is 5.25. The second kappa shape index (κ2) is 19.0. The van der Waals surface area contributed by atoms with Crippen molar-refractivity contribution in [3.8, 4) is 11.5 Å². The van der Waals surface area contributed by atoms with Crippen molar-refractivity contribution >= 4 is 5.69 Å². The van der Waals surface area contributed by atoms with Crippen molar-refractivity contribution in [3.05, 3.63) is 28.1 Å². The zero-order chi connectivity index (χ0) is 28.3. The molecule has 0 N–H and O–H groups in total. The summed E-state index contributed by atoms with van der Waals surface area (Å²) in [5.41, 5.74) is 9.93. The molecule has 0 aliphatic heterocycles. The van der Waals surface area contributed by atoms with E-state index >= 15 is 0 Å². The molecular weight excluding hydrogens is 494 g/mol. The lowest BCUT2D eigenvalue weighted by atomic mass is 9.79. The van der Waals surface area contributed by atoms with Crippen LogP contribution in [0.3, 0.4) is 0 Å². The van der Waals surface area contributed by atoms with E-state index in [4.69, 9.17) is 43.4 Å². The van der Waals surface area contributed by atoms with Crippen molar-refractivity contribution in [3.63, 3.8) is 0 Å². The summed E-state index contributed by atoms with van der Waals surface area (Å²) in [4.78, 5) is 2.88. The fourth-order valence-corrected chi connectivity index (χ4v) is 2.83. The standard InChI is InChI=1S/C27H47N3O8/c1-22-20-23(29-30-28)25(37-18-15-34-11-10-32-9-8-31-7)21-24(22)36-17-14-33-12-13-35-16-19-38-27(5,6)26(2,3)4/h20-21H,8-19H2,1-7H3. The summed E-state index contributed by atoms with van der Waals surface area (Å²) < 4.78 is 44.5. The molecule has 0 spiro atoms. The SMILES string of the molecule is COCCOCCOCCOc1cc(OCCOCCOCCOC(C)(C)C(C)(C)C)c(C)cc1N=[N+]=[N-]. The van der Waals surface area contributed by atoms with Crippen LogP contribution in [0.1, 0.15) is 40.2 Å². The molecule has 11 heteroatoms. The largest absolute Gasteiger partial charge is 0.491 e. The maximum atomic E-state index is 8.88. The van der Waals surface area contributed by atoms with Gasteiger partial charge in [0.05, 0.1) is 77.4 Å². The first-order valence-electron chi connectivity index (χ1n) is 13.0. The number of hydrogen-bond acceptors (Lipinski definition) is 9. The van der Waals surface area contributed by atoms with Crippen LogP contribution in [0.5, 0.6) is 11.5 Å². The zero-order valence-electron chi connectivity index (χ0n) is 24.2. The quantitative estimate of drug-likeness (QED) is 0.0844. The molecule has 0 saturated heterocycles. The molecule has 0 aliphatic rings. The van der Waals surface area contributed by atoms with E-state index in [2.05, 4.69) is 44.6 Å². The predicted molar refractivity (Wildman–Crippen MR) is 146 cm³/mol. The van der Waals surface area contributed by atoms with Gasteiger partial charge in [-0.05, 0) is 43.3 Å². The van der Waals surface area contributed by atoms with Gasteiger partial charge in [0.15, 0.2) is 0 Å². The van der Waals surface area contributed by atoms with Gasteiger partial charge in [-0.25, -0.2) is 0 Å². The van der Waals surface area contributed by atoms with E-state index in [-0.39, 0.29) is 17.6 Å². The zero-order valence-corrected chi connectivity index (χ0v) is 24.2. The molecule has 0 unspecified atom stereocenters. The Balaban J connectivity index is 2.30. The van der Waals surface area contributed by atoms with Crippen molar-refractivity contribution in [1.29, 1.82) is 0 Å². The van der Waals surface area contributed by atoms with Crippen LogP contribution in [0.2, 0.25) is 0 Å². The summed E-state index contributed by atoms with van der Waals surface area (Å²) in [6.45, 7) is 18.0. The molecule has 0 saturated carbocycles. The molecular formula is C27H47N3O8. The highest BCUT2D eigenvalue weighted by Crippen LogP contribution is 2.35. The molecule has 1 aromatic carbocycles. The molecule has 0 radical (unpaired) electrons. The van der Waals surface area contributed by atoms with Crippen molar-refractivity contribution < 1.29 is 37.9 Å². The molecule has 218 valence electrons. The molecule has 0 amide bonds. The number of hydrogen-bond donors (Lipinski definition) is 0. The minimum absolute atomic E-state index is 0.0544. The number of methoxy groups -OCH3 is 1. The third-order valence-corrected chi connectivity index (χ3v) is 6.05. The van der Waals surface area contributed by atoms with Crippen LogP contribution in [0.15, 0.2) is 17.2 Å². The Labute approximate surface area is 227 Å². The number of nitrogens with zero attached hydrogens (tertiary/aromatic N) is 3. The minimum Gasteiger partial charge on any atom is -0.491 e. The van der Waals surface area contributed by atoms with Gasteiger partial charge in [-0.3, -0.25) is 0 Å². The average molecular weight is 542 g/mol. The monoisotopic (exact) mass is 541 g/mol. The van der Waals surface area contributed by atoms with E-state index in [1.54, 1.807) is 19.2 Å². The van der Waals surface area contributed by atoms with Gasteiger partial charge in [0.2, 0.25) is 0 Å². The number of benzene rings is 1. The highest BCUT2D eigenvalue weighted by molar-refractivity contribution is 5.58. The molecule has 0 atom stereocenters. The van der Waals surface area contributed by atoms with Crippen molar-refractivity contribution in [2.75, 3.05) is 86.4 Å². The van der Waals surface area contributed by atoms with Crippen molar-refractivity contribution in [2.45, 2.75) is 47.1 Å². The Bertz CT molecular complexity index is 823. The third kappa shape index (κ3) is 14.2. The second-order valence-corrected chi connectivity index (χ2v) is 10.0. The van der Waals surface area contributed by atoms with Gasteiger partial charge in [0, 0.05) is 18.1 Å². The second-order valence-electron chi connectivity index (χ2n) is 10.0. The summed E-state index contributed by atoms with van der Waals surface area (Å²) in [6, 6.07) is 3.45. The lowest BCUT2D eigenvalue weighted by molar-refractivity contribution is -0.107. The molecule has 0 aromatic heterocycles. The highest BCUT2D eigenvalue weighted by atomic mass is 16.6. The molecule has 0 fully saturated rings. The van der Waals surface area contributed by atoms with Crippen LogP contribution in [0, 0.1) is 12.3 Å². The van der Waals surface area contributed by atoms with Crippen LogP contribution in [-0.2, 0) is 28.4 Å². The molecule has 1 rings (SSSR count). The fraction of sp³-hybridized carbons (Fsp3) is 0.778. The number of rotatable bonds is 22. The van der Waals surface area contributed by atoms with E-state index in [1.165, 1.54) is 0 Å². The Morgan fingerprint density at radius 1 is 0.684 bits per heavy atom. The Morgan fingerprint density at radius 2 is 1.16 bits per heavy atom. The lowest BCUT2D eigenvalue weighted by Gasteiger charge is -2.38. The smallest absolute Gasteiger partial charge is 0.132 e. The van der Waals surface area contributed by atoms with E-state index < -0.39 is 0 Å². The molecule has 0 aliphatic carbocycles. The van der Waals surface area contributed by atoms with Gasteiger partial charge in [0.25, 0.3) is 0 Å². The van der Waals surface area contributed by atoms with E-state index in [1.807, 2.05) is 6.92 Å². The van der Waals surface area contributed by atoms with Gasteiger partial charge in [0.1, 0.15) is 24.7 Å². The summed E-state index contributed by atoms with van der Waals surface area (Å²) in [5, 5.41) is 3.72. The van der Waals surface area contributed by atoms with Gasteiger partial charge >= 0.3 is 0 Å². The number of ether oxygens (including phenoxy) is 8. The summed E-state index contributed by atoms with van der Waals surface area (Å²) in [6.07, 6.45) is 0. The van der Waals surface area contributed by atoms with Gasteiger partial charge < -0.3 is 37.9 Å². The van der Waals surface area contributed by atoms with Gasteiger partial charge in [-0.15, -0.1) is 0 Å². The third-order valence-electron chi connectivity index (χ3n) is 6.05. The van der Waals surface area contributed by atoms with Crippen LogP contribution in [0.25, 0.3) is 10.4 Å². The van der Waals surface area contributed by atoms with Crippen LogP contribution >= 0.6 is 0 Å². The number of aryl methyl sites for hydroxylation is 1. The highest BCUT2D eigenvalue weighted by Gasteiger charge is 2.33. The first-order chi connectivity index (χ1) is 18.1. The Morgan fingerprint density at radius 3 is 1.66 bits per heavy atom.